The first-order valence-electron chi connectivity index (χ1n) is 10.7. The van der Waals surface area contributed by atoms with Gasteiger partial charge in [0.15, 0.2) is 5.16 Å². The maximum atomic E-state index is 12.6. The van der Waals surface area contributed by atoms with Crippen molar-refractivity contribution in [2.24, 2.45) is 0 Å². The third-order valence-corrected chi connectivity index (χ3v) is 6.41. The van der Waals surface area contributed by atoms with Gasteiger partial charge in [-0.05, 0) is 51.3 Å². The number of hydrogen-bond acceptors (Lipinski definition) is 5. The molecule has 2 N–H and O–H groups in total. The van der Waals surface area contributed by atoms with Crippen LogP contribution in [0.25, 0.3) is 0 Å². The van der Waals surface area contributed by atoms with E-state index in [-0.39, 0.29) is 23.5 Å². The minimum absolute atomic E-state index is 0.0382. The number of hydrogen-bond donors (Lipinski definition) is 2. The first-order chi connectivity index (χ1) is 14.5. The molecule has 1 aromatic carbocycles. The molecule has 162 valence electrons. The van der Waals surface area contributed by atoms with Crippen LogP contribution < -0.4 is 10.6 Å². The molecule has 1 fully saturated rings. The van der Waals surface area contributed by atoms with Gasteiger partial charge in [-0.25, -0.2) is 0 Å². The van der Waals surface area contributed by atoms with E-state index in [9.17, 15) is 9.59 Å². The topological polar surface area (TPSA) is 88.9 Å². The minimum Gasteiger partial charge on any atom is -0.352 e. The zero-order valence-electron chi connectivity index (χ0n) is 18.0. The Morgan fingerprint density at radius 1 is 1.23 bits per heavy atom. The third-order valence-electron chi connectivity index (χ3n) is 5.33. The van der Waals surface area contributed by atoms with Crippen LogP contribution in [0.3, 0.4) is 0 Å². The Bertz CT molecular complexity index is 876. The maximum absolute atomic E-state index is 12.6. The number of aryl methyl sites for hydroxylation is 1. The fourth-order valence-corrected chi connectivity index (χ4v) is 4.64. The zero-order chi connectivity index (χ0) is 21.5. The van der Waals surface area contributed by atoms with Gasteiger partial charge in [0.2, 0.25) is 11.8 Å². The molecule has 1 heterocycles. The number of amides is 2. The van der Waals surface area contributed by atoms with E-state index in [1.165, 1.54) is 31.0 Å². The summed E-state index contributed by atoms with van der Waals surface area (Å²) < 4.78 is 1.91. The minimum atomic E-state index is -0.268. The number of rotatable bonds is 8. The quantitative estimate of drug-likeness (QED) is 0.625. The van der Waals surface area contributed by atoms with Crippen LogP contribution in [0.5, 0.6) is 0 Å². The Morgan fingerprint density at radius 3 is 2.70 bits per heavy atom. The molecule has 0 unspecified atom stereocenters. The molecular formula is C22H31N5O2S. The van der Waals surface area contributed by atoms with Gasteiger partial charge < -0.3 is 15.2 Å². The Balaban J connectivity index is 1.58. The molecule has 1 saturated carbocycles. The number of nitrogens with zero attached hydrogens (tertiary/aromatic N) is 3. The van der Waals surface area contributed by atoms with Gasteiger partial charge in [-0.3, -0.25) is 9.59 Å². The van der Waals surface area contributed by atoms with E-state index in [1.807, 2.05) is 49.6 Å². The van der Waals surface area contributed by atoms with Crippen molar-refractivity contribution in [3.63, 3.8) is 0 Å². The molecule has 0 saturated heterocycles. The van der Waals surface area contributed by atoms with E-state index in [1.54, 1.807) is 0 Å². The van der Waals surface area contributed by atoms with Crippen molar-refractivity contribution < 1.29 is 9.59 Å². The SMILES string of the molecule is CCn1c(CC(=O)Nc2cccc(C)c2)nnc1S[C@H](C)C(=O)NC1CCCCC1. The molecule has 0 radical (unpaired) electrons. The number of thioether (sulfide) groups is 1. The maximum Gasteiger partial charge on any atom is 0.233 e. The summed E-state index contributed by atoms with van der Waals surface area (Å²) in [5.74, 6) is 0.503. The second kappa shape index (κ2) is 10.6. The lowest BCUT2D eigenvalue weighted by Crippen LogP contribution is -2.40. The Labute approximate surface area is 182 Å². The first-order valence-corrected chi connectivity index (χ1v) is 11.6. The van der Waals surface area contributed by atoms with Gasteiger partial charge in [-0.15, -0.1) is 10.2 Å². The van der Waals surface area contributed by atoms with Crippen molar-refractivity contribution >= 4 is 29.3 Å². The smallest absolute Gasteiger partial charge is 0.233 e. The number of anilines is 1. The van der Waals surface area contributed by atoms with Gasteiger partial charge in [-0.1, -0.05) is 43.2 Å². The highest BCUT2D eigenvalue weighted by molar-refractivity contribution is 8.00. The molecule has 1 aliphatic rings. The largest absolute Gasteiger partial charge is 0.352 e. The zero-order valence-corrected chi connectivity index (χ0v) is 18.8. The normalized spacial score (nSPS) is 15.6. The molecule has 0 spiro atoms. The van der Waals surface area contributed by atoms with E-state index < -0.39 is 0 Å². The highest BCUT2D eigenvalue weighted by Crippen LogP contribution is 2.24. The summed E-state index contributed by atoms with van der Waals surface area (Å²) in [4.78, 5) is 25.0. The van der Waals surface area contributed by atoms with Gasteiger partial charge >= 0.3 is 0 Å². The molecule has 1 aliphatic carbocycles. The summed E-state index contributed by atoms with van der Waals surface area (Å²) in [6.07, 6.45) is 5.90. The summed E-state index contributed by atoms with van der Waals surface area (Å²) in [5, 5.41) is 14.9. The average Bonchev–Trinajstić information content (AvgIpc) is 3.09. The predicted molar refractivity (Wildman–Crippen MR) is 120 cm³/mol. The van der Waals surface area contributed by atoms with Crippen molar-refractivity contribution in [3.05, 3.63) is 35.7 Å². The molecule has 3 rings (SSSR count). The van der Waals surface area contributed by atoms with Crippen molar-refractivity contribution in [1.29, 1.82) is 0 Å². The fourth-order valence-electron chi connectivity index (χ4n) is 3.70. The number of carbonyl (C=O) groups is 2. The summed E-state index contributed by atoms with van der Waals surface area (Å²) in [6, 6.07) is 7.98. The number of nitrogens with one attached hydrogen (secondary N) is 2. The molecule has 30 heavy (non-hydrogen) atoms. The van der Waals surface area contributed by atoms with Crippen molar-refractivity contribution in [3.8, 4) is 0 Å². The van der Waals surface area contributed by atoms with Crippen LogP contribution in [0.1, 0.15) is 57.3 Å². The van der Waals surface area contributed by atoms with E-state index in [0.717, 1.165) is 24.1 Å². The second-order valence-electron chi connectivity index (χ2n) is 7.84. The van der Waals surface area contributed by atoms with Crippen LogP contribution in [0.4, 0.5) is 5.69 Å². The number of aromatic nitrogens is 3. The van der Waals surface area contributed by atoms with Gasteiger partial charge in [-0.2, -0.15) is 0 Å². The van der Waals surface area contributed by atoms with Gasteiger partial charge in [0.1, 0.15) is 5.82 Å². The molecule has 2 aromatic rings. The molecule has 1 atom stereocenters. The molecular weight excluding hydrogens is 398 g/mol. The van der Waals surface area contributed by atoms with Gasteiger partial charge in [0.05, 0.1) is 11.7 Å². The fraction of sp³-hybridized carbons (Fsp3) is 0.545. The summed E-state index contributed by atoms with van der Waals surface area (Å²) >= 11 is 1.39. The van der Waals surface area contributed by atoms with E-state index in [0.29, 0.717) is 23.6 Å². The number of benzene rings is 1. The van der Waals surface area contributed by atoms with Crippen molar-refractivity contribution in [1.82, 2.24) is 20.1 Å². The van der Waals surface area contributed by atoms with Crippen LogP contribution in [0.15, 0.2) is 29.4 Å². The summed E-state index contributed by atoms with van der Waals surface area (Å²) in [7, 11) is 0. The first kappa shape index (κ1) is 22.3. The molecule has 7 nitrogen and oxygen atoms in total. The standard InChI is InChI=1S/C22H31N5O2S/c1-4-27-19(14-20(28)23-18-12-8-9-15(2)13-18)25-26-22(27)30-16(3)21(29)24-17-10-6-5-7-11-17/h8-9,12-13,16-17H,4-7,10-11,14H2,1-3H3,(H,23,28)(H,24,29)/t16-/m1/s1. The Morgan fingerprint density at radius 2 is 2.00 bits per heavy atom. The van der Waals surface area contributed by atoms with Gasteiger partial charge in [0.25, 0.3) is 0 Å². The Kier molecular flexibility index (Phi) is 7.90. The van der Waals surface area contributed by atoms with Crippen molar-refractivity contribution in [2.75, 3.05) is 5.32 Å². The molecule has 1 aromatic heterocycles. The third kappa shape index (κ3) is 6.08. The second-order valence-corrected chi connectivity index (χ2v) is 9.15. The van der Waals surface area contributed by atoms with Crippen molar-refractivity contribution in [2.45, 2.75) is 82.3 Å². The van der Waals surface area contributed by atoms with Crippen LogP contribution >= 0.6 is 11.8 Å². The van der Waals surface area contributed by atoms with Crippen LogP contribution in [0.2, 0.25) is 0 Å². The molecule has 2 amide bonds. The van der Waals surface area contributed by atoms with Crippen LogP contribution in [-0.4, -0.2) is 37.9 Å². The Hall–Kier alpha value is -2.35. The highest BCUT2D eigenvalue weighted by Gasteiger charge is 2.23. The van der Waals surface area contributed by atoms with E-state index in [2.05, 4.69) is 20.8 Å². The average molecular weight is 430 g/mol. The highest BCUT2D eigenvalue weighted by atomic mass is 32.2. The van der Waals surface area contributed by atoms with Gasteiger partial charge in [0, 0.05) is 18.3 Å². The van der Waals surface area contributed by atoms with Crippen LogP contribution in [-0.2, 0) is 22.6 Å². The monoisotopic (exact) mass is 429 g/mol. The molecule has 0 aliphatic heterocycles. The van der Waals surface area contributed by atoms with E-state index in [4.69, 9.17) is 0 Å². The lowest BCUT2D eigenvalue weighted by molar-refractivity contribution is -0.121. The predicted octanol–water partition coefficient (Wildman–Crippen LogP) is 3.72. The van der Waals surface area contributed by atoms with E-state index >= 15 is 0 Å². The summed E-state index contributed by atoms with van der Waals surface area (Å²) in [5.41, 5.74) is 1.86. The lowest BCUT2D eigenvalue weighted by atomic mass is 9.95. The molecule has 0 bridgehead atoms. The lowest BCUT2D eigenvalue weighted by Gasteiger charge is -2.24. The summed E-state index contributed by atoms with van der Waals surface area (Å²) in [6.45, 7) is 6.50. The van der Waals surface area contributed by atoms with Crippen LogP contribution in [0, 0.1) is 6.92 Å². The number of carbonyl (C=O) groups excluding carboxylic acids is 2. The molecule has 8 heteroatoms.